The van der Waals surface area contributed by atoms with Crippen LogP contribution in [0, 0.1) is 0 Å². The highest BCUT2D eigenvalue weighted by atomic mass is 16.7. The smallest absolute Gasteiger partial charge is 0.256 e. The van der Waals surface area contributed by atoms with E-state index in [2.05, 4.69) is 10.4 Å². The fourth-order valence-electron chi connectivity index (χ4n) is 3.72. The molecule has 8 nitrogen and oxygen atoms in total. The number of hydrogen-bond donors (Lipinski definition) is 1. The zero-order chi connectivity index (χ0) is 21.0. The molecule has 0 atom stereocenters. The molecule has 1 aromatic carbocycles. The van der Waals surface area contributed by atoms with E-state index < -0.39 is 0 Å². The van der Waals surface area contributed by atoms with Crippen molar-refractivity contribution in [2.45, 2.75) is 45.6 Å². The molecule has 154 valence electrons. The van der Waals surface area contributed by atoms with E-state index in [0.717, 1.165) is 18.5 Å². The quantitative estimate of drug-likeness (QED) is 0.642. The van der Waals surface area contributed by atoms with Gasteiger partial charge in [-0.1, -0.05) is 0 Å². The summed E-state index contributed by atoms with van der Waals surface area (Å²) in [6.45, 7) is 5.61. The number of rotatable bonds is 5. The van der Waals surface area contributed by atoms with E-state index in [0.29, 0.717) is 45.3 Å². The molecule has 30 heavy (non-hydrogen) atoms. The number of pyridine rings is 1. The Morgan fingerprint density at radius 2 is 1.87 bits per heavy atom. The molecule has 0 saturated heterocycles. The second-order valence-corrected chi connectivity index (χ2v) is 8.05. The van der Waals surface area contributed by atoms with Gasteiger partial charge in [0.05, 0.1) is 22.8 Å². The Morgan fingerprint density at radius 1 is 1.13 bits per heavy atom. The summed E-state index contributed by atoms with van der Waals surface area (Å²) in [5.74, 6) is 0.902. The molecule has 1 N–H and O–H groups in total. The fraction of sp³-hybridized carbons (Fsp3) is 0.364. The first kappa shape index (κ1) is 18.6. The van der Waals surface area contributed by atoms with Gasteiger partial charge in [0.2, 0.25) is 6.79 Å². The van der Waals surface area contributed by atoms with Crippen LogP contribution in [-0.4, -0.2) is 33.2 Å². The predicted molar refractivity (Wildman–Crippen MR) is 110 cm³/mol. The van der Waals surface area contributed by atoms with Gasteiger partial charge in [0.1, 0.15) is 0 Å². The minimum atomic E-state index is -0.311. The van der Waals surface area contributed by atoms with E-state index >= 15 is 0 Å². The lowest BCUT2D eigenvalue weighted by atomic mass is 10.1. The van der Waals surface area contributed by atoms with Crippen LogP contribution in [0.1, 0.15) is 72.0 Å². The lowest BCUT2D eigenvalue weighted by Crippen LogP contribution is -2.16. The summed E-state index contributed by atoms with van der Waals surface area (Å²) in [5.41, 5.74) is 2.88. The number of anilines is 1. The molecule has 2 aromatic heterocycles. The van der Waals surface area contributed by atoms with E-state index in [1.165, 1.54) is 6.92 Å². The minimum absolute atomic E-state index is 0.0915. The monoisotopic (exact) mass is 406 g/mol. The summed E-state index contributed by atoms with van der Waals surface area (Å²) in [5, 5.41) is 8.03. The Kier molecular flexibility index (Phi) is 4.23. The number of amides is 1. The van der Waals surface area contributed by atoms with Gasteiger partial charge in [0.25, 0.3) is 5.91 Å². The Hall–Kier alpha value is -3.42. The number of Topliss-reactive ketones (excluding diaryl/α,β-unsaturated/α-hetero) is 1. The number of hydrogen-bond acceptors (Lipinski definition) is 6. The fourth-order valence-corrected chi connectivity index (χ4v) is 3.72. The zero-order valence-electron chi connectivity index (χ0n) is 17.1. The van der Waals surface area contributed by atoms with Crippen molar-refractivity contribution in [3.05, 3.63) is 41.2 Å². The zero-order valence-corrected chi connectivity index (χ0v) is 17.1. The third-order valence-electron chi connectivity index (χ3n) is 5.46. The van der Waals surface area contributed by atoms with Gasteiger partial charge in [-0.05, 0) is 45.7 Å². The highest BCUT2D eigenvalue weighted by Crippen LogP contribution is 2.41. The van der Waals surface area contributed by atoms with Gasteiger partial charge in [-0.3, -0.25) is 9.59 Å². The summed E-state index contributed by atoms with van der Waals surface area (Å²) in [6.07, 6.45) is 3.83. The Labute approximate surface area is 173 Å². The number of nitrogens with zero attached hydrogens (tertiary/aromatic N) is 3. The van der Waals surface area contributed by atoms with Gasteiger partial charge in [-0.25, -0.2) is 9.67 Å². The van der Waals surface area contributed by atoms with Crippen molar-refractivity contribution >= 4 is 28.4 Å². The molecule has 3 heterocycles. The van der Waals surface area contributed by atoms with E-state index in [1.54, 1.807) is 18.3 Å². The highest BCUT2D eigenvalue weighted by molar-refractivity contribution is 6.14. The number of ketones is 1. The number of benzene rings is 1. The normalized spacial score (nSPS) is 15.1. The maximum atomic E-state index is 13.3. The average Bonchev–Trinajstić information content (AvgIpc) is 3.30. The summed E-state index contributed by atoms with van der Waals surface area (Å²) < 4.78 is 12.6. The maximum absolute atomic E-state index is 13.3. The van der Waals surface area contributed by atoms with Crippen LogP contribution in [0.3, 0.4) is 0 Å². The Balaban J connectivity index is 1.58. The maximum Gasteiger partial charge on any atom is 0.256 e. The molecule has 1 amide bonds. The van der Waals surface area contributed by atoms with Gasteiger partial charge < -0.3 is 14.8 Å². The molecule has 1 aliphatic heterocycles. The minimum Gasteiger partial charge on any atom is -0.454 e. The van der Waals surface area contributed by atoms with E-state index in [-0.39, 0.29) is 24.5 Å². The molecule has 0 unspecified atom stereocenters. The standard InChI is InChI=1S/C22H22N4O4/c1-11(2)26-21-16(9-23-26)15(6-17(24-21)13-4-5-13)22(28)25-18-8-20-19(29-10-30-20)7-14(18)12(3)27/h6-9,11,13H,4-5,10H2,1-3H3,(H,25,28). The van der Waals surface area contributed by atoms with Crippen LogP contribution >= 0.6 is 0 Å². The van der Waals surface area contributed by atoms with Gasteiger partial charge >= 0.3 is 0 Å². The van der Waals surface area contributed by atoms with Crippen LogP contribution in [0.25, 0.3) is 11.0 Å². The molecule has 3 aromatic rings. The van der Waals surface area contributed by atoms with Crippen molar-refractivity contribution < 1.29 is 19.1 Å². The van der Waals surface area contributed by atoms with E-state index in [4.69, 9.17) is 14.5 Å². The van der Waals surface area contributed by atoms with Crippen LogP contribution in [0.4, 0.5) is 5.69 Å². The number of fused-ring (bicyclic) bond motifs is 2. The molecule has 1 aliphatic carbocycles. The SMILES string of the molecule is CC(=O)c1cc2c(cc1NC(=O)c1cc(C3CC3)nc3c1cnn3C(C)C)OCO2. The van der Waals surface area contributed by atoms with E-state index in [1.807, 2.05) is 24.6 Å². The molecule has 1 fully saturated rings. The Bertz CT molecular complexity index is 1190. The third kappa shape index (κ3) is 3.08. The Morgan fingerprint density at radius 3 is 2.53 bits per heavy atom. The van der Waals surface area contributed by atoms with Crippen molar-refractivity contribution in [3.8, 4) is 11.5 Å². The third-order valence-corrected chi connectivity index (χ3v) is 5.46. The van der Waals surface area contributed by atoms with Crippen LogP contribution in [0.5, 0.6) is 11.5 Å². The van der Waals surface area contributed by atoms with Crippen molar-refractivity contribution in [1.82, 2.24) is 14.8 Å². The summed E-state index contributed by atoms with van der Waals surface area (Å²) >= 11 is 0. The molecule has 5 rings (SSSR count). The molecule has 0 spiro atoms. The van der Waals surface area contributed by atoms with Gasteiger partial charge in [0, 0.05) is 29.3 Å². The summed E-state index contributed by atoms with van der Waals surface area (Å²) in [7, 11) is 0. The number of carbonyl (C=O) groups excluding carboxylic acids is 2. The van der Waals surface area contributed by atoms with Crippen molar-refractivity contribution in [2.75, 3.05) is 12.1 Å². The molecule has 1 saturated carbocycles. The van der Waals surface area contributed by atoms with Crippen molar-refractivity contribution in [2.24, 2.45) is 0 Å². The first-order chi connectivity index (χ1) is 14.4. The second-order valence-electron chi connectivity index (χ2n) is 8.05. The van der Waals surface area contributed by atoms with Crippen LogP contribution in [0.2, 0.25) is 0 Å². The largest absolute Gasteiger partial charge is 0.454 e. The molecule has 8 heteroatoms. The number of ether oxygens (including phenoxy) is 2. The van der Waals surface area contributed by atoms with Gasteiger partial charge in [-0.2, -0.15) is 5.10 Å². The molecule has 0 radical (unpaired) electrons. The summed E-state index contributed by atoms with van der Waals surface area (Å²) in [4.78, 5) is 30.3. The molecular formula is C22H22N4O4. The first-order valence-electron chi connectivity index (χ1n) is 10.1. The van der Waals surface area contributed by atoms with Crippen LogP contribution < -0.4 is 14.8 Å². The number of aromatic nitrogens is 3. The van der Waals surface area contributed by atoms with Gasteiger partial charge in [0.15, 0.2) is 22.9 Å². The molecule has 0 bridgehead atoms. The molecule has 2 aliphatic rings. The predicted octanol–water partition coefficient (Wildman–Crippen LogP) is 4.07. The van der Waals surface area contributed by atoms with Crippen LogP contribution in [-0.2, 0) is 0 Å². The van der Waals surface area contributed by atoms with Crippen molar-refractivity contribution in [1.29, 1.82) is 0 Å². The van der Waals surface area contributed by atoms with Crippen LogP contribution in [0.15, 0.2) is 24.4 Å². The summed E-state index contributed by atoms with van der Waals surface area (Å²) in [6, 6.07) is 5.21. The lowest BCUT2D eigenvalue weighted by Gasteiger charge is -2.13. The van der Waals surface area contributed by atoms with Crippen molar-refractivity contribution in [3.63, 3.8) is 0 Å². The van der Waals surface area contributed by atoms with E-state index in [9.17, 15) is 9.59 Å². The molecular weight excluding hydrogens is 384 g/mol. The number of nitrogens with one attached hydrogen (secondary N) is 1. The topological polar surface area (TPSA) is 95.3 Å². The second kappa shape index (κ2) is 6.83. The van der Waals surface area contributed by atoms with Gasteiger partial charge in [-0.15, -0.1) is 0 Å². The lowest BCUT2D eigenvalue weighted by molar-refractivity contribution is 0.101. The average molecular weight is 406 g/mol. The first-order valence-corrected chi connectivity index (χ1v) is 10.1. The highest BCUT2D eigenvalue weighted by Gasteiger charge is 2.29. The number of carbonyl (C=O) groups is 2.